The number of ether oxygens (including phenoxy) is 1. The molecule has 0 atom stereocenters. The first-order valence-electron chi connectivity index (χ1n) is 12.4. The van der Waals surface area contributed by atoms with E-state index >= 15 is 0 Å². The van der Waals surface area contributed by atoms with Crippen LogP contribution in [0.3, 0.4) is 0 Å². The summed E-state index contributed by atoms with van der Waals surface area (Å²) in [7, 11) is 0. The Morgan fingerprint density at radius 2 is 1.56 bits per heavy atom. The fourth-order valence-corrected chi connectivity index (χ4v) is 4.25. The largest absolute Gasteiger partial charge is 0.462 e. The van der Waals surface area contributed by atoms with Gasteiger partial charge >= 0.3 is 5.97 Å². The third kappa shape index (κ3) is 5.38. The fraction of sp³-hybridized carbons (Fsp3) is 0.393. The number of esters is 1. The summed E-state index contributed by atoms with van der Waals surface area (Å²) in [5.41, 5.74) is 11.7. The van der Waals surface area contributed by atoms with Crippen molar-refractivity contribution in [3.05, 3.63) is 65.2 Å². The van der Waals surface area contributed by atoms with Gasteiger partial charge in [-0.25, -0.2) is 14.8 Å². The monoisotopic (exact) mass is 458 g/mol. The average molecular weight is 459 g/mol. The van der Waals surface area contributed by atoms with Gasteiger partial charge in [-0.3, -0.25) is 0 Å². The van der Waals surface area contributed by atoms with Crippen molar-refractivity contribution in [2.45, 2.75) is 65.3 Å². The standard InChI is InChI=1S/C28H34N4O2/c1-3-4-5-6-7-8-11-18-34-28(33)24-25-27(31-23-13-10-9-12-22(23)30-25)32(26(24)29)19-21-16-14-20(2)15-17-21/h9-10,12-17H,3-8,11,18-19,29H2,1-2H3. The number of carbonyl (C=O) groups is 1. The lowest BCUT2D eigenvalue weighted by atomic mass is 10.1. The third-order valence-electron chi connectivity index (χ3n) is 6.24. The van der Waals surface area contributed by atoms with Gasteiger partial charge in [0.2, 0.25) is 0 Å². The number of nitrogens with two attached hydrogens (primary N) is 1. The van der Waals surface area contributed by atoms with Gasteiger partial charge in [0.1, 0.15) is 16.9 Å². The summed E-state index contributed by atoms with van der Waals surface area (Å²) in [5, 5.41) is 0. The Balaban J connectivity index is 1.58. The number of carbonyl (C=O) groups excluding carboxylic acids is 1. The summed E-state index contributed by atoms with van der Waals surface area (Å²) in [4.78, 5) is 22.7. The number of benzene rings is 2. The van der Waals surface area contributed by atoms with Gasteiger partial charge in [-0.1, -0.05) is 87.4 Å². The van der Waals surface area contributed by atoms with Crippen LogP contribution in [0.25, 0.3) is 22.2 Å². The van der Waals surface area contributed by atoms with Crippen LogP contribution >= 0.6 is 0 Å². The smallest absolute Gasteiger partial charge is 0.344 e. The molecular weight excluding hydrogens is 424 g/mol. The zero-order valence-corrected chi connectivity index (χ0v) is 20.2. The Hall–Kier alpha value is -3.41. The lowest BCUT2D eigenvalue weighted by Gasteiger charge is -2.09. The summed E-state index contributed by atoms with van der Waals surface area (Å²) in [6.45, 7) is 5.16. The van der Waals surface area contributed by atoms with Crippen molar-refractivity contribution in [1.29, 1.82) is 0 Å². The van der Waals surface area contributed by atoms with Gasteiger partial charge < -0.3 is 15.0 Å². The van der Waals surface area contributed by atoms with Crippen LogP contribution in [-0.4, -0.2) is 27.1 Å². The van der Waals surface area contributed by atoms with Gasteiger partial charge in [-0.15, -0.1) is 0 Å². The Bertz CT molecular complexity index is 1260. The molecule has 0 fully saturated rings. The molecule has 0 spiro atoms. The molecule has 2 heterocycles. The molecule has 0 saturated carbocycles. The number of anilines is 1. The van der Waals surface area contributed by atoms with E-state index in [9.17, 15) is 4.79 Å². The minimum atomic E-state index is -0.430. The van der Waals surface area contributed by atoms with Gasteiger partial charge in [0.05, 0.1) is 24.2 Å². The number of fused-ring (bicyclic) bond motifs is 2. The minimum Gasteiger partial charge on any atom is -0.462 e. The first-order valence-corrected chi connectivity index (χ1v) is 12.4. The van der Waals surface area contributed by atoms with Gasteiger partial charge in [0.15, 0.2) is 5.65 Å². The molecule has 0 aliphatic heterocycles. The van der Waals surface area contributed by atoms with Crippen molar-refractivity contribution < 1.29 is 9.53 Å². The van der Waals surface area contributed by atoms with Crippen molar-refractivity contribution in [3.63, 3.8) is 0 Å². The van der Waals surface area contributed by atoms with E-state index in [0.717, 1.165) is 29.4 Å². The highest BCUT2D eigenvalue weighted by Crippen LogP contribution is 2.29. The third-order valence-corrected chi connectivity index (χ3v) is 6.24. The Morgan fingerprint density at radius 3 is 2.26 bits per heavy atom. The van der Waals surface area contributed by atoms with Crippen LogP contribution in [-0.2, 0) is 11.3 Å². The highest BCUT2D eigenvalue weighted by Gasteiger charge is 2.25. The molecule has 0 radical (unpaired) electrons. The maximum atomic E-state index is 13.1. The van der Waals surface area contributed by atoms with Crippen LogP contribution in [0, 0.1) is 6.92 Å². The summed E-state index contributed by atoms with van der Waals surface area (Å²) in [5.74, 6) is -0.0869. The van der Waals surface area contributed by atoms with E-state index in [2.05, 4.69) is 38.1 Å². The number of aryl methyl sites for hydroxylation is 1. The molecular formula is C28H34N4O2. The van der Waals surface area contributed by atoms with Crippen LogP contribution in [0.2, 0.25) is 0 Å². The number of hydrogen-bond donors (Lipinski definition) is 1. The van der Waals surface area contributed by atoms with E-state index in [1.807, 2.05) is 28.8 Å². The maximum absolute atomic E-state index is 13.1. The average Bonchev–Trinajstić information content (AvgIpc) is 3.10. The van der Waals surface area contributed by atoms with Crippen molar-refractivity contribution in [3.8, 4) is 0 Å². The molecule has 2 N–H and O–H groups in total. The molecule has 0 saturated heterocycles. The van der Waals surface area contributed by atoms with Crippen LogP contribution in [0.5, 0.6) is 0 Å². The quantitative estimate of drug-likeness (QED) is 0.207. The summed E-state index contributed by atoms with van der Waals surface area (Å²) >= 11 is 0. The van der Waals surface area contributed by atoms with Gasteiger partial charge in [-0.2, -0.15) is 0 Å². The number of nitrogen functional groups attached to an aromatic ring is 1. The molecule has 6 heteroatoms. The molecule has 0 unspecified atom stereocenters. The molecule has 2 aromatic carbocycles. The Morgan fingerprint density at radius 1 is 0.912 bits per heavy atom. The lowest BCUT2D eigenvalue weighted by Crippen LogP contribution is -2.11. The molecule has 6 nitrogen and oxygen atoms in total. The van der Waals surface area contributed by atoms with Crippen LogP contribution in [0.4, 0.5) is 5.82 Å². The summed E-state index contributed by atoms with van der Waals surface area (Å²) in [6.07, 6.45) is 8.14. The Labute approximate surface area is 201 Å². The van der Waals surface area contributed by atoms with Crippen LogP contribution in [0.1, 0.15) is 73.4 Å². The number of hydrogen-bond acceptors (Lipinski definition) is 5. The van der Waals surface area contributed by atoms with Crippen LogP contribution < -0.4 is 5.73 Å². The van der Waals surface area contributed by atoms with Gasteiger partial charge in [0, 0.05) is 0 Å². The molecule has 178 valence electrons. The van der Waals surface area contributed by atoms with Gasteiger partial charge in [0.25, 0.3) is 0 Å². The normalized spacial score (nSPS) is 11.4. The topological polar surface area (TPSA) is 83.0 Å². The van der Waals surface area contributed by atoms with E-state index in [0.29, 0.717) is 35.7 Å². The highest BCUT2D eigenvalue weighted by atomic mass is 16.5. The number of nitrogens with zero attached hydrogens (tertiary/aromatic N) is 3. The zero-order chi connectivity index (χ0) is 23.9. The Kier molecular flexibility index (Phi) is 7.78. The van der Waals surface area contributed by atoms with E-state index < -0.39 is 5.97 Å². The molecule has 0 aliphatic carbocycles. The molecule has 0 amide bonds. The predicted molar refractivity (Wildman–Crippen MR) is 138 cm³/mol. The summed E-state index contributed by atoms with van der Waals surface area (Å²) in [6, 6.07) is 15.9. The van der Waals surface area contributed by atoms with Crippen molar-refractivity contribution >= 4 is 34.0 Å². The molecule has 4 aromatic rings. The van der Waals surface area contributed by atoms with E-state index in [-0.39, 0.29) is 0 Å². The SMILES string of the molecule is CCCCCCCCCOC(=O)c1c(N)n(Cc2ccc(C)cc2)c2nc3ccccc3nc12. The zero-order valence-electron chi connectivity index (χ0n) is 20.2. The second-order valence-electron chi connectivity index (χ2n) is 8.97. The molecule has 34 heavy (non-hydrogen) atoms. The fourth-order valence-electron chi connectivity index (χ4n) is 4.25. The minimum absolute atomic E-state index is 0.309. The maximum Gasteiger partial charge on any atom is 0.344 e. The van der Waals surface area contributed by atoms with Crippen molar-refractivity contribution in [2.24, 2.45) is 0 Å². The number of para-hydroxylation sites is 2. The van der Waals surface area contributed by atoms with E-state index in [4.69, 9.17) is 20.4 Å². The number of unbranched alkanes of at least 4 members (excludes halogenated alkanes) is 6. The van der Waals surface area contributed by atoms with Crippen molar-refractivity contribution in [2.75, 3.05) is 12.3 Å². The van der Waals surface area contributed by atoms with Gasteiger partial charge in [-0.05, 0) is 31.0 Å². The lowest BCUT2D eigenvalue weighted by molar-refractivity contribution is 0.0501. The second-order valence-corrected chi connectivity index (χ2v) is 8.97. The number of aromatic nitrogens is 3. The molecule has 2 aromatic heterocycles. The summed E-state index contributed by atoms with van der Waals surface area (Å²) < 4.78 is 7.50. The van der Waals surface area contributed by atoms with Crippen LogP contribution in [0.15, 0.2) is 48.5 Å². The molecule has 4 rings (SSSR count). The predicted octanol–water partition coefficient (Wildman–Crippen LogP) is 6.43. The molecule has 0 bridgehead atoms. The first-order chi connectivity index (χ1) is 16.6. The molecule has 0 aliphatic rings. The highest BCUT2D eigenvalue weighted by molar-refractivity contribution is 6.08. The number of rotatable bonds is 11. The first kappa shape index (κ1) is 23.7. The second kappa shape index (κ2) is 11.1. The van der Waals surface area contributed by atoms with Crippen molar-refractivity contribution in [1.82, 2.24) is 14.5 Å². The van der Waals surface area contributed by atoms with E-state index in [1.165, 1.54) is 37.7 Å². The van der Waals surface area contributed by atoms with E-state index in [1.54, 1.807) is 0 Å².